The zero-order valence-corrected chi connectivity index (χ0v) is 21.4. The Bertz CT molecular complexity index is 962. The predicted octanol–water partition coefficient (Wildman–Crippen LogP) is 3.26. The van der Waals surface area contributed by atoms with Gasteiger partial charge in [-0.15, -0.1) is 0 Å². The van der Waals surface area contributed by atoms with Gasteiger partial charge >= 0.3 is 12.2 Å². The Morgan fingerprint density at radius 3 is 2.11 bits per heavy atom. The Morgan fingerprint density at radius 2 is 1.53 bits per heavy atom. The van der Waals surface area contributed by atoms with Crippen molar-refractivity contribution in [2.24, 2.45) is 0 Å². The molecule has 2 atom stereocenters. The van der Waals surface area contributed by atoms with Crippen LogP contribution in [0.15, 0.2) is 60.7 Å². The van der Waals surface area contributed by atoms with E-state index < -0.39 is 35.8 Å². The highest BCUT2D eigenvalue weighted by Gasteiger charge is 2.31. The number of aliphatic hydroxyl groups is 1. The highest BCUT2D eigenvalue weighted by atomic mass is 16.6. The minimum Gasteiger partial charge on any atom is -0.445 e. The molecule has 2 rings (SSSR count). The molecule has 9 heteroatoms. The second-order valence-corrected chi connectivity index (χ2v) is 9.49. The average Bonchev–Trinajstić information content (AvgIpc) is 2.84. The Kier molecular flexibility index (Phi) is 11.2. The SMILES string of the molecule is CN(CCCNC(=O)OCc1ccccc1)C(=O)[C@@H](O)C(Cc1ccccc1)NC(=O)OC(C)(C)C. The summed E-state index contributed by atoms with van der Waals surface area (Å²) < 4.78 is 10.5. The molecule has 0 saturated carbocycles. The molecule has 196 valence electrons. The molecule has 0 aliphatic heterocycles. The summed E-state index contributed by atoms with van der Waals surface area (Å²) in [6.45, 7) is 5.97. The first-order chi connectivity index (χ1) is 17.0. The van der Waals surface area contributed by atoms with Gasteiger partial charge in [-0.05, 0) is 44.7 Å². The van der Waals surface area contributed by atoms with Crippen molar-refractivity contribution in [3.05, 3.63) is 71.8 Å². The van der Waals surface area contributed by atoms with E-state index in [0.29, 0.717) is 19.5 Å². The van der Waals surface area contributed by atoms with E-state index in [0.717, 1.165) is 11.1 Å². The number of nitrogens with one attached hydrogen (secondary N) is 2. The van der Waals surface area contributed by atoms with Gasteiger partial charge < -0.3 is 30.1 Å². The molecule has 0 radical (unpaired) electrons. The fraction of sp³-hybridized carbons (Fsp3) is 0.444. The largest absolute Gasteiger partial charge is 0.445 e. The minimum atomic E-state index is -1.48. The van der Waals surface area contributed by atoms with Crippen LogP contribution in [0.25, 0.3) is 0 Å². The maximum absolute atomic E-state index is 12.9. The molecule has 9 nitrogen and oxygen atoms in total. The minimum absolute atomic E-state index is 0.171. The number of alkyl carbamates (subject to hydrolysis) is 2. The third-order valence-electron chi connectivity index (χ3n) is 5.16. The van der Waals surface area contributed by atoms with Crippen LogP contribution in [0.5, 0.6) is 0 Å². The standard InChI is InChI=1S/C27H37N3O6/c1-27(2,3)36-26(34)29-22(18-20-12-7-5-8-13-20)23(31)24(32)30(4)17-11-16-28-25(33)35-19-21-14-9-6-10-15-21/h5-10,12-15,22-23,31H,11,16-19H2,1-4H3,(H,28,33)(H,29,34)/t22?,23-/m0/s1. The van der Waals surface area contributed by atoms with E-state index in [9.17, 15) is 19.5 Å². The van der Waals surface area contributed by atoms with Crippen LogP contribution < -0.4 is 10.6 Å². The van der Waals surface area contributed by atoms with Gasteiger partial charge in [0.2, 0.25) is 0 Å². The van der Waals surface area contributed by atoms with Gasteiger partial charge in [0.1, 0.15) is 12.2 Å². The fourth-order valence-corrected chi connectivity index (χ4v) is 3.36. The topological polar surface area (TPSA) is 117 Å². The number of rotatable bonds is 11. The third-order valence-corrected chi connectivity index (χ3v) is 5.16. The first-order valence-corrected chi connectivity index (χ1v) is 12.0. The lowest BCUT2D eigenvalue weighted by molar-refractivity contribution is -0.140. The molecule has 0 spiro atoms. The molecule has 0 bridgehead atoms. The first-order valence-electron chi connectivity index (χ1n) is 12.0. The smallest absolute Gasteiger partial charge is 0.407 e. The van der Waals surface area contributed by atoms with E-state index in [-0.39, 0.29) is 13.0 Å². The van der Waals surface area contributed by atoms with Crippen molar-refractivity contribution in [2.75, 3.05) is 20.1 Å². The van der Waals surface area contributed by atoms with E-state index in [1.165, 1.54) is 4.90 Å². The quantitative estimate of drug-likeness (QED) is 0.409. The van der Waals surface area contributed by atoms with Crippen molar-refractivity contribution >= 4 is 18.1 Å². The Hall–Kier alpha value is -3.59. The molecule has 3 amide bonds. The first kappa shape index (κ1) is 28.6. The third kappa shape index (κ3) is 10.8. The lowest BCUT2D eigenvalue weighted by atomic mass is 10.0. The maximum atomic E-state index is 12.9. The molecule has 2 aromatic rings. The normalized spacial score (nSPS) is 12.7. The molecular formula is C27H37N3O6. The fourth-order valence-electron chi connectivity index (χ4n) is 3.36. The number of likely N-dealkylation sites (N-methyl/N-ethyl adjacent to an activating group) is 1. The number of aliphatic hydroxyl groups excluding tert-OH is 1. The summed E-state index contributed by atoms with van der Waals surface area (Å²) in [7, 11) is 1.56. The van der Waals surface area contributed by atoms with Crippen LogP contribution in [-0.4, -0.2) is 66.0 Å². The molecule has 0 fully saturated rings. The summed E-state index contributed by atoms with van der Waals surface area (Å²) in [5.41, 5.74) is 1.02. The van der Waals surface area contributed by atoms with Crippen molar-refractivity contribution in [1.82, 2.24) is 15.5 Å². The van der Waals surface area contributed by atoms with Gasteiger partial charge in [-0.25, -0.2) is 9.59 Å². The van der Waals surface area contributed by atoms with E-state index in [4.69, 9.17) is 9.47 Å². The highest BCUT2D eigenvalue weighted by molar-refractivity contribution is 5.82. The number of benzene rings is 2. The van der Waals surface area contributed by atoms with E-state index >= 15 is 0 Å². The maximum Gasteiger partial charge on any atom is 0.407 e. The summed E-state index contributed by atoms with van der Waals surface area (Å²) in [6, 6.07) is 17.7. The van der Waals surface area contributed by atoms with Crippen molar-refractivity contribution < 1.29 is 29.0 Å². The summed E-state index contributed by atoms with van der Waals surface area (Å²) in [6.07, 6.45) is -2.03. The van der Waals surface area contributed by atoms with E-state index in [2.05, 4.69) is 10.6 Å². The lowest BCUT2D eigenvalue weighted by Gasteiger charge is -2.28. The number of hydrogen-bond donors (Lipinski definition) is 3. The molecule has 36 heavy (non-hydrogen) atoms. The number of nitrogens with zero attached hydrogens (tertiary/aromatic N) is 1. The van der Waals surface area contributed by atoms with Crippen molar-refractivity contribution in [2.45, 2.75) is 58.0 Å². The van der Waals surface area contributed by atoms with Crippen LogP contribution in [0.4, 0.5) is 9.59 Å². The van der Waals surface area contributed by atoms with Crippen LogP contribution in [0.3, 0.4) is 0 Å². The second kappa shape index (κ2) is 14.1. The van der Waals surface area contributed by atoms with Gasteiger partial charge in [-0.1, -0.05) is 60.7 Å². The zero-order chi connectivity index (χ0) is 26.6. The van der Waals surface area contributed by atoms with Gasteiger partial charge in [0.15, 0.2) is 6.10 Å². The molecule has 0 aliphatic carbocycles. The Labute approximate surface area is 212 Å². The van der Waals surface area contributed by atoms with Gasteiger partial charge in [0, 0.05) is 20.1 Å². The Balaban J connectivity index is 1.84. The van der Waals surface area contributed by atoms with Crippen molar-refractivity contribution in [3.8, 4) is 0 Å². The zero-order valence-electron chi connectivity index (χ0n) is 21.4. The molecule has 1 unspecified atom stereocenters. The molecule has 0 aromatic heterocycles. The molecule has 3 N–H and O–H groups in total. The van der Waals surface area contributed by atoms with Crippen molar-refractivity contribution in [1.29, 1.82) is 0 Å². The summed E-state index contributed by atoms with van der Waals surface area (Å²) in [5.74, 6) is -0.543. The van der Waals surface area contributed by atoms with Crippen LogP contribution in [0.2, 0.25) is 0 Å². The molecule has 0 aliphatic rings. The number of carbonyl (C=O) groups excluding carboxylic acids is 3. The van der Waals surface area contributed by atoms with E-state index in [1.807, 2.05) is 60.7 Å². The molecule has 0 heterocycles. The van der Waals surface area contributed by atoms with Gasteiger partial charge in [0.25, 0.3) is 5.91 Å². The van der Waals surface area contributed by atoms with Crippen LogP contribution in [-0.2, 0) is 27.3 Å². The van der Waals surface area contributed by atoms with Crippen LogP contribution in [0, 0.1) is 0 Å². The number of amides is 3. The summed E-state index contributed by atoms with van der Waals surface area (Å²) >= 11 is 0. The number of hydrogen-bond acceptors (Lipinski definition) is 6. The van der Waals surface area contributed by atoms with Gasteiger partial charge in [-0.2, -0.15) is 0 Å². The lowest BCUT2D eigenvalue weighted by Crippen LogP contribution is -2.53. The predicted molar refractivity (Wildman–Crippen MR) is 136 cm³/mol. The van der Waals surface area contributed by atoms with Crippen molar-refractivity contribution in [3.63, 3.8) is 0 Å². The van der Waals surface area contributed by atoms with Gasteiger partial charge in [-0.3, -0.25) is 4.79 Å². The summed E-state index contributed by atoms with van der Waals surface area (Å²) in [4.78, 5) is 38.5. The monoisotopic (exact) mass is 499 g/mol. The van der Waals surface area contributed by atoms with Crippen LogP contribution in [0.1, 0.15) is 38.3 Å². The number of ether oxygens (including phenoxy) is 2. The molecule has 2 aromatic carbocycles. The Morgan fingerprint density at radius 1 is 0.944 bits per heavy atom. The summed E-state index contributed by atoms with van der Waals surface area (Å²) in [5, 5.41) is 16.1. The van der Waals surface area contributed by atoms with E-state index in [1.54, 1.807) is 27.8 Å². The van der Waals surface area contributed by atoms with Crippen LogP contribution >= 0.6 is 0 Å². The highest BCUT2D eigenvalue weighted by Crippen LogP contribution is 2.12. The molecular weight excluding hydrogens is 462 g/mol. The second-order valence-electron chi connectivity index (χ2n) is 9.49. The average molecular weight is 500 g/mol. The molecule has 0 saturated heterocycles. The van der Waals surface area contributed by atoms with Gasteiger partial charge in [0.05, 0.1) is 6.04 Å². The number of carbonyl (C=O) groups is 3.